The molecule has 1 N–H and O–H groups in total. The summed E-state index contributed by atoms with van der Waals surface area (Å²) in [6, 6.07) is 4.50. The molecular formula is C13H18ClNS. The molecule has 0 aromatic carbocycles. The van der Waals surface area contributed by atoms with Crippen LogP contribution in [0.5, 0.6) is 0 Å². The van der Waals surface area contributed by atoms with Gasteiger partial charge >= 0.3 is 0 Å². The van der Waals surface area contributed by atoms with Crippen LogP contribution in [0.4, 0.5) is 0 Å². The van der Waals surface area contributed by atoms with Crippen molar-refractivity contribution in [3.63, 3.8) is 0 Å². The molecule has 0 bridgehead atoms. The quantitative estimate of drug-likeness (QED) is 0.761. The number of halogens is 1. The molecule has 2 rings (SSSR count). The minimum absolute atomic E-state index is 0.416. The lowest BCUT2D eigenvalue weighted by Crippen LogP contribution is -2.19. The van der Waals surface area contributed by atoms with Crippen LogP contribution in [0.3, 0.4) is 0 Å². The number of allylic oxidation sites excluding steroid dienone is 1. The molecule has 1 unspecified atom stereocenters. The molecule has 0 amide bonds. The second-order valence-electron chi connectivity index (χ2n) is 4.32. The summed E-state index contributed by atoms with van der Waals surface area (Å²) in [5, 5.41) is 3.55. The Balaban J connectivity index is 1.73. The van der Waals surface area contributed by atoms with Gasteiger partial charge in [0.2, 0.25) is 0 Å². The topological polar surface area (TPSA) is 12.0 Å². The molecule has 0 fully saturated rings. The Hall–Kier alpha value is -0.310. The summed E-state index contributed by atoms with van der Waals surface area (Å²) in [6.45, 7) is 3.27. The minimum Gasteiger partial charge on any atom is -0.309 e. The van der Waals surface area contributed by atoms with E-state index in [1.807, 2.05) is 6.07 Å². The fourth-order valence-corrected chi connectivity index (χ4v) is 3.16. The molecule has 88 valence electrons. The van der Waals surface area contributed by atoms with Crippen molar-refractivity contribution < 1.29 is 0 Å². The van der Waals surface area contributed by atoms with Crippen molar-refractivity contribution in [2.24, 2.45) is 0 Å². The van der Waals surface area contributed by atoms with Gasteiger partial charge in [0.25, 0.3) is 0 Å². The van der Waals surface area contributed by atoms with E-state index in [1.54, 1.807) is 16.9 Å². The third-order valence-electron chi connectivity index (χ3n) is 3.05. The van der Waals surface area contributed by atoms with E-state index < -0.39 is 0 Å². The first-order valence-electron chi connectivity index (χ1n) is 5.92. The largest absolute Gasteiger partial charge is 0.309 e. The first-order chi connectivity index (χ1) is 7.75. The summed E-state index contributed by atoms with van der Waals surface area (Å²) in [5.74, 6) is 0. The van der Waals surface area contributed by atoms with Gasteiger partial charge in [-0.1, -0.05) is 23.3 Å². The van der Waals surface area contributed by atoms with Crippen LogP contribution in [0, 0.1) is 0 Å². The van der Waals surface area contributed by atoms with Crippen LogP contribution in [0.1, 0.15) is 43.5 Å². The molecule has 1 aromatic heterocycles. The first-order valence-corrected chi connectivity index (χ1v) is 7.11. The summed E-state index contributed by atoms with van der Waals surface area (Å²) >= 11 is 7.59. The highest BCUT2D eigenvalue weighted by molar-refractivity contribution is 7.16. The molecule has 0 saturated heterocycles. The zero-order valence-corrected chi connectivity index (χ0v) is 11.2. The molecule has 0 saturated carbocycles. The van der Waals surface area contributed by atoms with Crippen molar-refractivity contribution in [1.82, 2.24) is 5.32 Å². The highest BCUT2D eigenvalue weighted by Gasteiger charge is 2.08. The average molecular weight is 256 g/mol. The number of hydrogen-bond donors (Lipinski definition) is 1. The van der Waals surface area contributed by atoms with E-state index in [2.05, 4.69) is 24.4 Å². The van der Waals surface area contributed by atoms with E-state index in [1.165, 1.54) is 30.6 Å². The Morgan fingerprint density at radius 2 is 2.38 bits per heavy atom. The van der Waals surface area contributed by atoms with Crippen LogP contribution in [0.15, 0.2) is 23.8 Å². The van der Waals surface area contributed by atoms with E-state index >= 15 is 0 Å². The smallest absolute Gasteiger partial charge is 0.0931 e. The van der Waals surface area contributed by atoms with Crippen LogP contribution >= 0.6 is 22.9 Å². The fourth-order valence-electron chi connectivity index (χ4n) is 2.08. The van der Waals surface area contributed by atoms with Gasteiger partial charge in [0.1, 0.15) is 0 Å². The molecule has 1 aliphatic rings. The SMILES string of the molecule is CC(NCCC1=CCCC1)c1ccc(Cl)s1. The van der Waals surface area contributed by atoms with Gasteiger partial charge in [-0.15, -0.1) is 11.3 Å². The maximum absolute atomic E-state index is 5.92. The summed E-state index contributed by atoms with van der Waals surface area (Å²) in [7, 11) is 0. The van der Waals surface area contributed by atoms with Crippen LogP contribution in [0.25, 0.3) is 0 Å². The second-order valence-corrected chi connectivity index (χ2v) is 6.07. The molecule has 3 heteroatoms. The highest BCUT2D eigenvalue weighted by atomic mass is 35.5. The predicted octanol–water partition coefficient (Wildman–Crippen LogP) is 4.55. The molecular weight excluding hydrogens is 238 g/mol. The highest BCUT2D eigenvalue weighted by Crippen LogP contribution is 2.27. The van der Waals surface area contributed by atoms with Crippen LogP contribution in [0.2, 0.25) is 4.34 Å². The van der Waals surface area contributed by atoms with Crippen molar-refractivity contribution in [3.05, 3.63) is 33.0 Å². The Kier molecular flexibility index (Phi) is 4.45. The Labute approximate surface area is 107 Å². The normalized spacial score (nSPS) is 17.5. The summed E-state index contributed by atoms with van der Waals surface area (Å²) < 4.78 is 0.877. The molecule has 16 heavy (non-hydrogen) atoms. The van der Waals surface area contributed by atoms with Crippen molar-refractivity contribution in [2.75, 3.05) is 6.54 Å². The first kappa shape index (κ1) is 12.2. The van der Waals surface area contributed by atoms with Gasteiger partial charge in [0.15, 0.2) is 0 Å². The van der Waals surface area contributed by atoms with E-state index in [9.17, 15) is 0 Å². The maximum atomic E-state index is 5.92. The van der Waals surface area contributed by atoms with Gasteiger partial charge in [-0.2, -0.15) is 0 Å². The van der Waals surface area contributed by atoms with Gasteiger partial charge in [-0.05, 0) is 51.3 Å². The lowest BCUT2D eigenvalue weighted by atomic mass is 10.1. The maximum Gasteiger partial charge on any atom is 0.0931 e. The van der Waals surface area contributed by atoms with E-state index in [4.69, 9.17) is 11.6 Å². The van der Waals surface area contributed by atoms with Gasteiger partial charge in [-0.25, -0.2) is 0 Å². The molecule has 1 atom stereocenters. The third kappa shape index (κ3) is 3.34. The standard InChI is InChI=1S/C13H18ClNS/c1-10(12-6-7-13(14)16-12)15-9-8-11-4-2-3-5-11/h4,6-7,10,15H,2-3,5,8-9H2,1H3. The average Bonchev–Trinajstić information content (AvgIpc) is 2.89. The molecule has 1 heterocycles. The van der Waals surface area contributed by atoms with Crippen molar-refractivity contribution in [3.8, 4) is 0 Å². The van der Waals surface area contributed by atoms with Gasteiger partial charge in [-0.3, -0.25) is 0 Å². The van der Waals surface area contributed by atoms with Crippen LogP contribution in [-0.4, -0.2) is 6.54 Å². The lowest BCUT2D eigenvalue weighted by molar-refractivity contribution is 0.580. The molecule has 1 aliphatic carbocycles. The van der Waals surface area contributed by atoms with E-state index in [0.29, 0.717) is 6.04 Å². The minimum atomic E-state index is 0.416. The zero-order valence-electron chi connectivity index (χ0n) is 9.63. The lowest BCUT2D eigenvalue weighted by Gasteiger charge is -2.12. The van der Waals surface area contributed by atoms with Gasteiger partial charge < -0.3 is 5.32 Å². The van der Waals surface area contributed by atoms with Crippen LogP contribution < -0.4 is 5.32 Å². The number of thiophene rings is 1. The van der Waals surface area contributed by atoms with Gasteiger partial charge in [0.05, 0.1) is 4.34 Å². The molecule has 0 spiro atoms. The molecule has 0 aliphatic heterocycles. The van der Waals surface area contributed by atoms with Crippen molar-refractivity contribution >= 4 is 22.9 Å². The Morgan fingerprint density at radius 1 is 1.50 bits per heavy atom. The number of nitrogens with one attached hydrogen (secondary N) is 1. The molecule has 1 nitrogen and oxygen atoms in total. The molecule has 0 radical (unpaired) electrons. The number of rotatable bonds is 5. The number of hydrogen-bond acceptors (Lipinski definition) is 2. The van der Waals surface area contributed by atoms with Gasteiger partial charge in [0, 0.05) is 10.9 Å². The van der Waals surface area contributed by atoms with Crippen molar-refractivity contribution in [2.45, 2.75) is 38.6 Å². The third-order valence-corrected chi connectivity index (χ3v) is 4.47. The molecule has 1 aromatic rings. The van der Waals surface area contributed by atoms with E-state index in [-0.39, 0.29) is 0 Å². The monoisotopic (exact) mass is 255 g/mol. The summed E-state index contributed by atoms with van der Waals surface area (Å²) in [5.41, 5.74) is 1.63. The predicted molar refractivity (Wildman–Crippen MR) is 72.3 cm³/mol. The second kappa shape index (κ2) is 5.85. The Morgan fingerprint density at radius 3 is 3.00 bits per heavy atom. The fraction of sp³-hybridized carbons (Fsp3) is 0.538. The summed E-state index contributed by atoms with van der Waals surface area (Å²) in [4.78, 5) is 1.32. The van der Waals surface area contributed by atoms with Crippen LogP contribution in [-0.2, 0) is 0 Å². The summed E-state index contributed by atoms with van der Waals surface area (Å²) in [6.07, 6.45) is 7.54. The Bertz CT molecular complexity index is 370. The van der Waals surface area contributed by atoms with Crippen molar-refractivity contribution in [1.29, 1.82) is 0 Å². The van der Waals surface area contributed by atoms with E-state index in [0.717, 1.165) is 10.9 Å². The zero-order chi connectivity index (χ0) is 11.4.